The maximum atomic E-state index is 10.3. The van der Waals surface area contributed by atoms with E-state index in [1.807, 2.05) is 18.4 Å². The highest BCUT2D eigenvalue weighted by Gasteiger charge is 2.02. The molecule has 0 aliphatic heterocycles. The largest absolute Gasteiger partial charge is 0.493 e. The zero-order valence-corrected chi connectivity index (χ0v) is 8.97. The van der Waals surface area contributed by atoms with E-state index in [9.17, 15) is 4.79 Å². The standard InChI is InChI=1S/C10H14O3S/c1-2-13-8-6-9(14-7-8)4-3-5-10(11)12/h6-7H,2-5H2,1H3,(H,11,12). The summed E-state index contributed by atoms with van der Waals surface area (Å²) in [5.41, 5.74) is 0. The molecule has 0 radical (unpaired) electrons. The van der Waals surface area contributed by atoms with Crippen LogP contribution in [0, 0.1) is 0 Å². The van der Waals surface area contributed by atoms with Crippen molar-refractivity contribution >= 4 is 17.3 Å². The van der Waals surface area contributed by atoms with E-state index in [1.54, 1.807) is 11.3 Å². The quantitative estimate of drug-likeness (QED) is 0.791. The van der Waals surface area contributed by atoms with Crippen molar-refractivity contribution in [2.45, 2.75) is 26.2 Å². The van der Waals surface area contributed by atoms with Crippen molar-refractivity contribution in [1.82, 2.24) is 0 Å². The number of carboxylic acids is 1. The van der Waals surface area contributed by atoms with Crippen LogP contribution in [0.5, 0.6) is 5.75 Å². The molecule has 0 bridgehead atoms. The Bertz CT molecular complexity index is 293. The third-order valence-electron chi connectivity index (χ3n) is 1.75. The molecule has 0 aliphatic rings. The molecule has 1 N–H and O–H groups in total. The van der Waals surface area contributed by atoms with Gasteiger partial charge in [0.25, 0.3) is 0 Å². The first-order chi connectivity index (χ1) is 6.72. The Morgan fingerprint density at radius 2 is 2.43 bits per heavy atom. The molecular formula is C10H14O3S. The number of aryl methyl sites for hydroxylation is 1. The van der Waals surface area contributed by atoms with Crippen LogP contribution in [0.2, 0.25) is 0 Å². The van der Waals surface area contributed by atoms with Crippen LogP contribution in [0.15, 0.2) is 11.4 Å². The highest BCUT2D eigenvalue weighted by atomic mass is 32.1. The molecule has 3 nitrogen and oxygen atoms in total. The molecule has 0 aliphatic carbocycles. The zero-order chi connectivity index (χ0) is 10.4. The van der Waals surface area contributed by atoms with Gasteiger partial charge in [0, 0.05) is 16.7 Å². The molecule has 0 aromatic carbocycles. The minimum Gasteiger partial charge on any atom is -0.493 e. The monoisotopic (exact) mass is 214 g/mol. The van der Waals surface area contributed by atoms with Crippen molar-refractivity contribution in [1.29, 1.82) is 0 Å². The van der Waals surface area contributed by atoms with Crippen LogP contribution in [0.4, 0.5) is 0 Å². The third-order valence-corrected chi connectivity index (χ3v) is 2.73. The van der Waals surface area contributed by atoms with Crippen molar-refractivity contribution in [2.24, 2.45) is 0 Å². The third kappa shape index (κ3) is 3.79. The first kappa shape index (κ1) is 11.0. The number of aliphatic carboxylic acids is 1. The Labute approximate surface area is 87.3 Å². The van der Waals surface area contributed by atoms with Crippen molar-refractivity contribution < 1.29 is 14.6 Å². The lowest BCUT2D eigenvalue weighted by Gasteiger charge is -1.96. The number of carbonyl (C=O) groups is 1. The van der Waals surface area contributed by atoms with Crippen LogP contribution in [-0.2, 0) is 11.2 Å². The SMILES string of the molecule is CCOc1csc(CCCC(=O)O)c1. The summed E-state index contributed by atoms with van der Waals surface area (Å²) >= 11 is 1.62. The van der Waals surface area contributed by atoms with Crippen LogP contribution in [-0.4, -0.2) is 17.7 Å². The lowest BCUT2D eigenvalue weighted by atomic mass is 10.2. The summed E-state index contributed by atoms with van der Waals surface area (Å²) in [7, 11) is 0. The lowest BCUT2D eigenvalue weighted by Crippen LogP contribution is -1.94. The predicted octanol–water partition coefficient (Wildman–Crippen LogP) is 2.55. The molecule has 1 heterocycles. The van der Waals surface area contributed by atoms with Gasteiger partial charge in [-0.05, 0) is 25.8 Å². The van der Waals surface area contributed by atoms with E-state index in [-0.39, 0.29) is 6.42 Å². The summed E-state index contributed by atoms with van der Waals surface area (Å²) in [6.45, 7) is 2.62. The van der Waals surface area contributed by atoms with Crippen molar-refractivity contribution in [3.05, 3.63) is 16.3 Å². The van der Waals surface area contributed by atoms with Gasteiger partial charge in [0.05, 0.1) is 6.61 Å². The van der Waals surface area contributed by atoms with Crippen LogP contribution in [0.3, 0.4) is 0 Å². The van der Waals surface area contributed by atoms with E-state index in [0.29, 0.717) is 13.0 Å². The second-order valence-corrected chi connectivity index (χ2v) is 3.92. The Hall–Kier alpha value is -1.03. The van der Waals surface area contributed by atoms with Crippen LogP contribution in [0.25, 0.3) is 0 Å². The fourth-order valence-corrected chi connectivity index (χ4v) is 2.00. The molecule has 0 atom stereocenters. The highest BCUT2D eigenvalue weighted by molar-refractivity contribution is 7.10. The molecule has 0 saturated carbocycles. The number of ether oxygens (including phenoxy) is 1. The van der Waals surface area contributed by atoms with Crippen molar-refractivity contribution in [3.63, 3.8) is 0 Å². The van der Waals surface area contributed by atoms with Gasteiger partial charge in [0.15, 0.2) is 0 Å². The number of thiophene rings is 1. The van der Waals surface area contributed by atoms with Gasteiger partial charge in [-0.3, -0.25) is 4.79 Å². The van der Waals surface area contributed by atoms with E-state index >= 15 is 0 Å². The van der Waals surface area contributed by atoms with Gasteiger partial charge in [0.2, 0.25) is 0 Å². The Morgan fingerprint density at radius 1 is 1.64 bits per heavy atom. The van der Waals surface area contributed by atoms with E-state index in [0.717, 1.165) is 12.2 Å². The highest BCUT2D eigenvalue weighted by Crippen LogP contribution is 2.22. The summed E-state index contributed by atoms with van der Waals surface area (Å²) in [6, 6.07) is 1.98. The molecule has 14 heavy (non-hydrogen) atoms. The van der Waals surface area contributed by atoms with Gasteiger partial charge in [0.1, 0.15) is 5.75 Å². The predicted molar refractivity (Wildman–Crippen MR) is 56.1 cm³/mol. The average Bonchev–Trinajstić information content (AvgIpc) is 2.53. The normalized spacial score (nSPS) is 10.1. The summed E-state index contributed by atoms with van der Waals surface area (Å²) in [5.74, 6) is 0.161. The summed E-state index contributed by atoms with van der Waals surface area (Å²) in [5, 5.41) is 10.4. The first-order valence-electron chi connectivity index (χ1n) is 4.64. The fourth-order valence-electron chi connectivity index (χ4n) is 1.15. The van der Waals surface area contributed by atoms with Crippen LogP contribution >= 0.6 is 11.3 Å². The van der Waals surface area contributed by atoms with E-state index in [2.05, 4.69) is 0 Å². The fraction of sp³-hybridized carbons (Fsp3) is 0.500. The molecule has 1 aromatic heterocycles. The molecule has 4 heteroatoms. The lowest BCUT2D eigenvalue weighted by molar-refractivity contribution is -0.137. The van der Waals surface area contributed by atoms with Gasteiger partial charge in [-0.1, -0.05) is 0 Å². The molecule has 0 amide bonds. The molecule has 0 fully saturated rings. The van der Waals surface area contributed by atoms with Gasteiger partial charge in [-0.2, -0.15) is 0 Å². The second kappa shape index (κ2) is 5.65. The Morgan fingerprint density at radius 3 is 3.07 bits per heavy atom. The summed E-state index contributed by atoms with van der Waals surface area (Å²) in [4.78, 5) is 11.5. The number of hydrogen-bond acceptors (Lipinski definition) is 3. The molecule has 78 valence electrons. The molecule has 0 unspecified atom stereocenters. The van der Waals surface area contributed by atoms with Gasteiger partial charge in [-0.25, -0.2) is 0 Å². The molecule has 1 aromatic rings. The Kier molecular flexibility index (Phi) is 4.46. The second-order valence-electron chi connectivity index (χ2n) is 2.93. The zero-order valence-electron chi connectivity index (χ0n) is 8.16. The minimum absolute atomic E-state index is 0.238. The van der Waals surface area contributed by atoms with Crippen molar-refractivity contribution in [3.8, 4) is 5.75 Å². The topological polar surface area (TPSA) is 46.5 Å². The van der Waals surface area contributed by atoms with Gasteiger partial charge in [-0.15, -0.1) is 11.3 Å². The van der Waals surface area contributed by atoms with Crippen LogP contribution in [0.1, 0.15) is 24.6 Å². The van der Waals surface area contributed by atoms with E-state index in [1.165, 1.54) is 4.88 Å². The molecule has 0 saturated heterocycles. The molecular weight excluding hydrogens is 200 g/mol. The number of rotatable bonds is 6. The van der Waals surface area contributed by atoms with E-state index < -0.39 is 5.97 Å². The number of hydrogen-bond donors (Lipinski definition) is 1. The maximum Gasteiger partial charge on any atom is 0.303 e. The van der Waals surface area contributed by atoms with Gasteiger partial charge < -0.3 is 9.84 Å². The molecule has 1 rings (SSSR count). The average molecular weight is 214 g/mol. The number of carboxylic acid groups (broad SMARTS) is 1. The van der Waals surface area contributed by atoms with Gasteiger partial charge >= 0.3 is 5.97 Å². The van der Waals surface area contributed by atoms with Crippen LogP contribution < -0.4 is 4.74 Å². The smallest absolute Gasteiger partial charge is 0.303 e. The van der Waals surface area contributed by atoms with Crippen molar-refractivity contribution in [2.75, 3.05) is 6.61 Å². The maximum absolute atomic E-state index is 10.3. The van der Waals surface area contributed by atoms with E-state index in [4.69, 9.17) is 9.84 Å². The summed E-state index contributed by atoms with van der Waals surface area (Å²) < 4.78 is 5.31. The first-order valence-corrected chi connectivity index (χ1v) is 5.52. The minimum atomic E-state index is -0.730. The summed E-state index contributed by atoms with van der Waals surface area (Å²) in [6.07, 6.45) is 1.76. The Balaban J connectivity index is 2.32. The molecule has 0 spiro atoms.